The van der Waals surface area contributed by atoms with E-state index in [9.17, 15) is 18.0 Å². The van der Waals surface area contributed by atoms with Crippen molar-refractivity contribution >= 4 is 50.7 Å². The van der Waals surface area contributed by atoms with E-state index in [-0.39, 0.29) is 23.3 Å². The van der Waals surface area contributed by atoms with Crippen LogP contribution in [0.1, 0.15) is 49.4 Å². The molecule has 0 spiro atoms. The number of amides is 2. The van der Waals surface area contributed by atoms with Gasteiger partial charge in [0.05, 0.1) is 10.6 Å². The SMILES string of the molecule is CC[C@H](C(=O)NCC(C)C)N(Cc1c(Cl)cccc1Cl)C(=O)CN(c1ccc(C)cc1C)S(=O)(=O)c1ccc(C)cc1. The Bertz CT molecular complexity index is 1500. The number of carbonyl (C=O) groups is 2. The number of benzene rings is 3. The zero-order chi connectivity index (χ0) is 31.2. The second-order valence-corrected chi connectivity index (χ2v) is 13.6. The molecule has 42 heavy (non-hydrogen) atoms. The highest BCUT2D eigenvalue weighted by molar-refractivity contribution is 7.92. The highest BCUT2D eigenvalue weighted by Crippen LogP contribution is 2.30. The van der Waals surface area contributed by atoms with Crippen molar-refractivity contribution in [2.75, 3.05) is 17.4 Å². The average molecular weight is 633 g/mol. The minimum absolute atomic E-state index is 0.0586. The number of hydrogen-bond donors (Lipinski definition) is 1. The van der Waals surface area contributed by atoms with Crippen LogP contribution in [0.5, 0.6) is 0 Å². The van der Waals surface area contributed by atoms with Crippen LogP contribution in [0.4, 0.5) is 5.69 Å². The van der Waals surface area contributed by atoms with Gasteiger partial charge in [-0.05, 0) is 69.0 Å². The fourth-order valence-corrected chi connectivity index (χ4v) is 6.63. The van der Waals surface area contributed by atoms with Gasteiger partial charge in [0.25, 0.3) is 10.0 Å². The Morgan fingerprint density at radius 2 is 1.50 bits per heavy atom. The quantitative estimate of drug-likeness (QED) is 0.241. The maximum Gasteiger partial charge on any atom is 0.264 e. The lowest BCUT2D eigenvalue weighted by Gasteiger charge is -2.34. The molecule has 3 aromatic carbocycles. The minimum atomic E-state index is -4.16. The van der Waals surface area contributed by atoms with Crippen molar-refractivity contribution in [2.45, 2.75) is 65.4 Å². The molecule has 0 saturated heterocycles. The summed E-state index contributed by atoms with van der Waals surface area (Å²) >= 11 is 13.0. The van der Waals surface area contributed by atoms with Crippen molar-refractivity contribution in [1.29, 1.82) is 0 Å². The summed E-state index contributed by atoms with van der Waals surface area (Å²) < 4.78 is 29.3. The topological polar surface area (TPSA) is 86.8 Å². The Morgan fingerprint density at radius 3 is 2.05 bits per heavy atom. The molecule has 0 aliphatic rings. The van der Waals surface area contributed by atoms with Crippen LogP contribution < -0.4 is 9.62 Å². The van der Waals surface area contributed by atoms with E-state index in [1.54, 1.807) is 56.3 Å². The highest BCUT2D eigenvalue weighted by Gasteiger charge is 2.34. The van der Waals surface area contributed by atoms with Crippen LogP contribution >= 0.6 is 23.2 Å². The van der Waals surface area contributed by atoms with Gasteiger partial charge in [-0.25, -0.2) is 8.42 Å². The molecule has 3 rings (SSSR count). The van der Waals surface area contributed by atoms with Gasteiger partial charge in [-0.15, -0.1) is 0 Å². The summed E-state index contributed by atoms with van der Waals surface area (Å²) in [6, 6.07) is 16.0. The summed E-state index contributed by atoms with van der Waals surface area (Å²) in [6.07, 6.45) is 0.298. The molecule has 0 aromatic heterocycles. The van der Waals surface area contributed by atoms with Crippen molar-refractivity contribution in [3.8, 4) is 0 Å². The molecule has 0 aliphatic heterocycles. The van der Waals surface area contributed by atoms with E-state index in [0.29, 0.717) is 39.8 Å². The molecule has 226 valence electrons. The molecule has 1 atom stereocenters. The van der Waals surface area contributed by atoms with Crippen LogP contribution in [-0.4, -0.2) is 44.3 Å². The Kier molecular flexibility index (Phi) is 11.5. The van der Waals surface area contributed by atoms with Crippen LogP contribution in [-0.2, 0) is 26.2 Å². The number of nitrogens with one attached hydrogen (secondary N) is 1. The lowest BCUT2D eigenvalue weighted by atomic mass is 10.1. The van der Waals surface area contributed by atoms with Crippen molar-refractivity contribution in [3.05, 3.63) is 93.0 Å². The first-order valence-electron chi connectivity index (χ1n) is 13.9. The van der Waals surface area contributed by atoms with Crippen molar-refractivity contribution in [2.24, 2.45) is 5.92 Å². The Balaban J connectivity index is 2.12. The van der Waals surface area contributed by atoms with Gasteiger partial charge in [0.1, 0.15) is 12.6 Å². The van der Waals surface area contributed by atoms with Gasteiger partial charge in [-0.2, -0.15) is 0 Å². The van der Waals surface area contributed by atoms with Gasteiger partial charge in [-0.1, -0.05) is 85.4 Å². The fraction of sp³-hybridized carbons (Fsp3) is 0.375. The van der Waals surface area contributed by atoms with E-state index in [0.717, 1.165) is 15.4 Å². The number of halogens is 2. The van der Waals surface area contributed by atoms with Crippen LogP contribution in [0.2, 0.25) is 10.0 Å². The fourth-order valence-electron chi connectivity index (χ4n) is 4.63. The third-order valence-electron chi connectivity index (χ3n) is 6.97. The van der Waals surface area contributed by atoms with E-state index < -0.39 is 28.5 Å². The lowest BCUT2D eigenvalue weighted by molar-refractivity contribution is -0.140. The van der Waals surface area contributed by atoms with E-state index in [1.165, 1.54) is 17.0 Å². The largest absolute Gasteiger partial charge is 0.354 e. The second-order valence-electron chi connectivity index (χ2n) is 10.9. The van der Waals surface area contributed by atoms with Gasteiger partial charge < -0.3 is 10.2 Å². The van der Waals surface area contributed by atoms with Gasteiger partial charge in [0.2, 0.25) is 11.8 Å². The number of anilines is 1. The molecule has 0 fully saturated rings. The van der Waals surface area contributed by atoms with E-state index in [4.69, 9.17) is 23.2 Å². The summed E-state index contributed by atoms with van der Waals surface area (Å²) in [7, 11) is -4.16. The molecule has 2 amide bonds. The smallest absolute Gasteiger partial charge is 0.264 e. The van der Waals surface area contributed by atoms with Crippen LogP contribution in [0.3, 0.4) is 0 Å². The molecule has 0 saturated carbocycles. The molecule has 1 N–H and O–H groups in total. The molecular weight excluding hydrogens is 593 g/mol. The zero-order valence-corrected chi connectivity index (χ0v) is 27.3. The molecule has 0 unspecified atom stereocenters. The number of hydrogen-bond acceptors (Lipinski definition) is 4. The number of aryl methyl sites for hydroxylation is 3. The summed E-state index contributed by atoms with van der Waals surface area (Å²) in [5.74, 6) is -0.691. The maximum absolute atomic E-state index is 14.3. The van der Waals surface area contributed by atoms with Gasteiger partial charge in [0.15, 0.2) is 0 Å². The van der Waals surface area contributed by atoms with Crippen molar-refractivity contribution in [3.63, 3.8) is 0 Å². The Labute approximate surface area is 259 Å². The van der Waals surface area contributed by atoms with Crippen molar-refractivity contribution < 1.29 is 18.0 Å². The molecule has 7 nitrogen and oxygen atoms in total. The van der Waals surface area contributed by atoms with Gasteiger partial charge in [0, 0.05) is 28.7 Å². The number of carbonyl (C=O) groups excluding carboxylic acids is 2. The van der Waals surface area contributed by atoms with Crippen LogP contribution in [0.25, 0.3) is 0 Å². The Morgan fingerprint density at radius 1 is 0.905 bits per heavy atom. The van der Waals surface area contributed by atoms with Crippen molar-refractivity contribution in [1.82, 2.24) is 10.2 Å². The normalized spacial score (nSPS) is 12.2. The zero-order valence-electron chi connectivity index (χ0n) is 24.9. The predicted molar refractivity (Wildman–Crippen MR) is 171 cm³/mol. The summed E-state index contributed by atoms with van der Waals surface area (Å²) in [5.41, 5.74) is 3.41. The monoisotopic (exact) mass is 631 g/mol. The average Bonchev–Trinajstić information content (AvgIpc) is 2.92. The molecule has 10 heteroatoms. The number of rotatable bonds is 12. The van der Waals surface area contributed by atoms with E-state index >= 15 is 0 Å². The molecule has 0 heterocycles. The second kappa shape index (κ2) is 14.4. The molecule has 3 aromatic rings. The molecule has 0 radical (unpaired) electrons. The van der Waals surface area contributed by atoms with Gasteiger partial charge >= 0.3 is 0 Å². The molecule has 0 bridgehead atoms. The first-order valence-corrected chi connectivity index (χ1v) is 16.1. The summed E-state index contributed by atoms with van der Waals surface area (Å²) in [4.78, 5) is 29.1. The highest BCUT2D eigenvalue weighted by atomic mass is 35.5. The predicted octanol–water partition coefficient (Wildman–Crippen LogP) is 6.69. The third kappa shape index (κ3) is 8.06. The van der Waals surface area contributed by atoms with E-state index in [2.05, 4.69) is 5.32 Å². The Hall–Kier alpha value is -3.07. The number of nitrogens with zero attached hydrogens (tertiary/aromatic N) is 2. The maximum atomic E-state index is 14.3. The standard InChI is InChI=1S/C32H39Cl2N3O4S/c1-7-29(32(39)35-18-21(2)3)36(19-26-27(33)9-8-10-28(26)34)31(38)20-37(30-16-13-23(5)17-24(30)6)42(40,41)25-14-11-22(4)12-15-25/h8-17,21,29H,7,18-20H2,1-6H3,(H,35,39)/t29-/m1/s1. The number of sulfonamides is 1. The molecular formula is C32H39Cl2N3O4S. The minimum Gasteiger partial charge on any atom is -0.354 e. The van der Waals surface area contributed by atoms with Crippen LogP contribution in [0, 0.1) is 26.7 Å². The first kappa shape index (κ1) is 33.4. The lowest BCUT2D eigenvalue weighted by Crippen LogP contribution is -2.52. The van der Waals surface area contributed by atoms with Gasteiger partial charge in [-0.3, -0.25) is 13.9 Å². The first-order chi connectivity index (χ1) is 19.8. The summed E-state index contributed by atoms with van der Waals surface area (Å²) in [5, 5.41) is 3.60. The summed E-state index contributed by atoms with van der Waals surface area (Å²) in [6.45, 7) is 11.2. The molecule has 0 aliphatic carbocycles. The van der Waals surface area contributed by atoms with Crippen LogP contribution in [0.15, 0.2) is 65.6 Å². The third-order valence-corrected chi connectivity index (χ3v) is 9.45. The van der Waals surface area contributed by atoms with E-state index in [1.807, 2.05) is 33.8 Å².